The van der Waals surface area contributed by atoms with Crippen LogP contribution in [-0.4, -0.2) is 20.0 Å². The Bertz CT molecular complexity index is 343. The lowest BCUT2D eigenvalue weighted by molar-refractivity contribution is -0.106. The smallest absolute Gasteiger partial charge is 0.199 e. The summed E-state index contributed by atoms with van der Waals surface area (Å²) in [4.78, 5) is 0. The molecule has 88 valence electrons. The van der Waals surface area contributed by atoms with E-state index in [1.54, 1.807) is 7.11 Å². The molecule has 0 radical (unpaired) electrons. The van der Waals surface area contributed by atoms with E-state index in [4.69, 9.17) is 14.2 Å². The first kappa shape index (κ1) is 11.3. The van der Waals surface area contributed by atoms with Crippen molar-refractivity contribution in [1.29, 1.82) is 0 Å². The number of hydrogen-bond donors (Lipinski definition) is 0. The van der Waals surface area contributed by atoms with Crippen LogP contribution < -0.4 is 9.47 Å². The van der Waals surface area contributed by atoms with E-state index in [-0.39, 0.29) is 6.29 Å². The van der Waals surface area contributed by atoms with Crippen molar-refractivity contribution in [2.24, 2.45) is 0 Å². The largest absolute Gasteiger partial charge is 0.497 e. The molecule has 0 aromatic heterocycles. The summed E-state index contributed by atoms with van der Waals surface area (Å²) in [5.41, 5.74) is 1.08. The van der Waals surface area contributed by atoms with E-state index in [1.807, 2.05) is 25.1 Å². The van der Waals surface area contributed by atoms with Crippen LogP contribution in [0.25, 0.3) is 0 Å². The zero-order valence-corrected chi connectivity index (χ0v) is 9.86. The van der Waals surface area contributed by atoms with Crippen LogP contribution in [0.2, 0.25) is 0 Å². The second-order valence-electron chi connectivity index (χ2n) is 4.05. The molecule has 1 saturated heterocycles. The van der Waals surface area contributed by atoms with E-state index in [2.05, 4.69) is 0 Å². The first-order valence-electron chi connectivity index (χ1n) is 5.72. The molecule has 3 heteroatoms. The Labute approximate surface area is 96.3 Å². The van der Waals surface area contributed by atoms with Crippen LogP contribution in [-0.2, 0) is 4.74 Å². The molecule has 2 rings (SSSR count). The summed E-state index contributed by atoms with van der Waals surface area (Å²) in [7, 11) is 1.67. The molecule has 1 heterocycles. The summed E-state index contributed by atoms with van der Waals surface area (Å²) in [6.45, 7) is 2.82. The van der Waals surface area contributed by atoms with Crippen LogP contribution in [0.1, 0.15) is 24.8 Å². The fraction of sp³-hybridized carbons (Fsp3) is 0.538. The van der Waals surface area contributed by atoms with Crippen molar-refractivity contribution in [3.63, 3.8) is 0 Å². The molecule has 0 amide bonds. The summed E-state index contributed by atoms with van der Waals surface area (Å²) in [5.74, 6) is 1.74. The predicted molar refractivity (Wildman–Crippen MR) is 62.0 cm³/mol. The van der Waals surface area contributed by atoms with Gasteiger partial charge in [0.15, 0.2) is 6.29 Å². The minimum atomic E-state index is -0.0826. The molecule has 0 N–H and O–H groups in total. The highest BCUT2D eigenvalue weighted by Gasteiger charge is 2.16. The number of benzene rings is 1. The van der Waals surface area contributed by atoms with E-state index in [0.717, 1.165) is 36.5 Å². The summed E-state index contributed by atoms with van der Waals surface area (Å²) in [6, 6.07) is 5.81. The Balaban J connectivity index is 2.03. The van der Waals surface area contributed by atoms with Crippen molar-refractivity contribution in [3.05, 3.63) is 23.8 Å². The molecule has 3 nitrogen and oxygen atoms in total. The Morgan fingerprint density at radius 2 is 2.19 bits per heavy atom. The normalized spacial score (nSPS) is 20.5. The summed E-state index contributed by atoms with van der Waals surface area (Å²) in [5, 5.41) is 0. The van der Waals surface area contributed by atoms with Crippen LogP contribution in [0.4, 0.5) is 0 Å². The minimum Gasteiger partial charge on any atom is -0.497 e. The van der Waals surface area contributed by atoms with Crippen LogP contribution in [0.5, 0.6) is 11.5 Å². The monoisotopic (exact) mass is 222 g/mol. The lowest BCUT2D eigenvalue weighted by Gasteiger charge is -2.24. The number of methoxy groups -OCH3 is 1. The molecule has 0 aliphatic carbocycles. The number of aryl methyl sites for hydroxylation is 1. The fourth-order valence-corrected chi connectivity index (χ4v) is 1.83. The van der Waals surface area contributed by atoms with E-state index in [1.165, 1.54) is 6.42 Å². The number of rotatable bonds is 3. The summed E-state index contributed by atoms with van der Waals surface area (Å²) < 4.78 is 16.5. The molecule has 1 atom stereocenters. The number of ether oxygens (including phenoxy) is 3. The molecule has 0 spiro atoms. The van der Waals surface area contributed by atoms with Gasteiger partial charge in [0.2, 0.25) is 0 Å². The quantitative estimate of drug-likeness (QED) is 0.787. The summed E-state index contributed by atoms with van der Waals surface area (Å²) >= 11 is 0. The van der Waals surface area contributed by atoms with Crippen molar-refractivity contribution in [1.82, 2.24) is 0 Å². The number of hydrogen-bond acceptors (Lipinski definition) is 3. The van der Waals surface area contributed by atoms with Gasteiger partial charge in [-0.2, -0.15) is 0 Å². The van der Waals surface area contributed by atoms with Crippen molar-refractivity contribution in [2.75, 3.05) is 13.7 Å². The molecule has 1 unspecified atom stereocenters. The molecule has 1 fully saturated rings. The molecular weight excluding hydrogens is 204 g/mol. The van der Waals surface area contributed by atoms with E-state index in [0.29, 0.717) is 0 Å². The minimum absolute atomic E-state index is 0.0826. The Hall–Kier alpha value is -1.22. The zero-order chi connectivity index (χ0) is 11.4. The first-order valence-corrected chi connectivity index (χ1v) is 5.72. The Kier molecular flexibility index (Phi) is 3.67. The van der Waals surface area contributed by atoms with Gasteiger partial charge in [-0.25, -0.2) is 0 Å². The molecule has 1 aliphatic rings. The third kappa shape index (κ3) is 2.67. The SMILES string of the molecule is COc1ccc(OC2CCCCO2)c(C)c1. The highest BCUT2D eigenvalue weighted by atomic mass is 16.7. The Morgan fingerprint density at radius 1 is 1.31 bits per heavy atom. The van der Waals surface area contributed by atoms with Gasteiger partial charge in [-0.3, -0.25) is 0 Å². The third-order valence-electron chi connectivity index (χ3n) is 2.78. The van der Waals surface area contributed by atoms with Gasteiger partial charge in [-0.1, -0.05) is 0 Å². The highest BCUT2D eigenvalue weighted by molar-refractivity contribution is 5.39. The van der Waals surface area contributed by atoms with Gasteiger partial charge in [-0.05, 0) is 43.5 Å². The second-order valence-corrected chi connectivity index (χ2v) is 4.05. The molecule has 1 aromatic carbocycles. The second kappa shape index (κ2) is 5.21. The lowest BCUT2D eigenvalue weighted by atomic mass is 10.2. The van der Waals surface area contributed by atoms with Crippen LogP contribution in [0, 0.1) is 6.92 Å². The highest BCUT2D eigenvalue weighted by Crippen LogP contribution is 2.26. The molecule has 1 aliphatic heterocycles. The van der Waals surface area contributed by atoms with Crippen molar-refractivity contribution in [3.8, 4) is 11.5 Å². The van der Waals surface area contributed by atoms with Crippen molar-refractivity contribution < 1.29 is 14.2 Å². The maximum Gasteiger partial charge on any atom is 0.199 e. The molecule has 0 saturated carbocycles. The average molecular weight is 222 g/mol. The first-order chi connectivity index (χ1) is 7.79. The van der Waals surface area contributed by atoms with Gasteiger partial charge in [0.1, 0.15) is 11.5 Å². The van der Waals surface area contributed by atoms with Gasteiger partial charge in [0.25, 0.3) is 0 Å². The molecule has 0 bridgehead atoms. The summed E-state index contributed by atoms with van der Waals surface area (Å²) in [6.07, 6.45) is 3.22. The topological polar surface area (TPSA) is 27.7 Å². The van der Waals surface area contributed by atoms with Crippen LogP contribution >= 0.6 is 0 Å². The third-order valence-corrected chi connectivity index (χ3v) is 2.78. The van der Waals surface area contributed by atoms with E-state index < -0.39 is 0 Å². The van der Waals surface area contributed by atoms with Crippen LogP contribution in [0.15, 0.2) is 18.2 Å². The maximum absolute atomic E-state index is 5.81. The van der Waals surface area contributed by atoms with Crippen molar-refractivity contribution in [2.45, 2.75) is 32.5 Å². The fourth-order valence-electron chi connectivity index (χ4n) is 1.83. The predicted octanol–water partition coefficient (Wildman–Crippen LogP) is 2.91. The lowest BCUT2D eigenvalue weighted by Crippen LogP contribution is -2.25. The maximum atomic E-state index is 5.81. The zero-order valence-electron chi connectivity index (χ0n) is 9.86. The van der Waals surface area contributed by atoms with Gasteiger partial charge in [0, 0.05) is 6.42 Å². The van der Waals surface area contributed by atoms with Crippen molar-refractivity contribution >= 4 is 0 Å². The molecular formula is C13H18O3. The van der Waals surface area contributed by atoms with Gasteiger partial charge in [0.05, 0.1) is 13.7 Å². The van der Waals surface area contributed by atoms with Gasteiger partial charge >= 0.3 is 0 Å². The van der Waals surface area contributed by atoms with E-state index >= 15 is 0 Å². The average Bonchev–Trinajstić information content (AvgIpc) is 2.33. The van der Waals surface area contributed by atoms with Crippen LogP contribution in [0.3, 0.4) is 0 Å². The van der Waals surface area contributed by atoms with Gasteiger partial charge in [-0.15, -0.1) is 0 Å². The molecule has 16 heavy (non-hydrogen) atoms. The van der Waals surface area contributed by atoms with Gasteiger partial charge < -0.3 is 14.2 Å². The molecule has 1 aromatic rings. The Morgan fingerprint density at radius 3 is 2.81 bits per heavy atom. The van der Waals surface area contributed by atoms with E-state index in [9.17, 15) is 0 Å². The standard InChI is InChI=1S/C13H18O3/c1-10-9-11(14-2)6-7-12(10)16-13-5-3-4-8-15-13/h6-7,9,13H,3-5,8H2,1-2H3.